The first-order valence-corrected chi connectivity index (χ1v) is 11.4. The van der Waals surface area contributed by atoms with Gasteiger partial charge in [0.1, 0.15) is 0 Å². The molecule has 1 saturated heterocycles. The average molecular weight is 497 g/mol. The highest BCUT2D eigenvalue weighted by atomic mass is 79.9. The lowest BCUT2D eigenvalue weighted by Crippen LogP contribution is -2.43. The summed E-state index contributed by atoms with van der Waals surface area (Å²) >= 11 is 3.35. The highest BCUT2D eigenvalue weighted by molar-refractivity contribution is 9.10. The number of fused-ring (bicyclic) bond motifs is 1. The number of nitrogens with zero attached hydrogens (tertiary/aromatic N) is 2. The zero-order valence-electron chi connectivity index (χ0n) is 16.0. The summed E-state index contributed by atoms with van der Waals surface area (Å²) in [6, 6.07) is 18.7. The number of nitrogens with one attached hydrogen (secondary N) is 1. The van der Waals surface area contributed by atoms with E-state index in [0.717, 1.165) is 47.1 Å². The minimum Gasteiger partial charge on any atom is -0.368 e. The van der Waals surface area contributed by atoms with Gasteiger partial charge < -0.3 is 10.2 Å². The van der Waals surface area contributed by atoms with Crippen LogP contribution in [0.5, 0.6) is 0 Å². The Kier molecular flexibility index (Phi) is 6.73. The van der Waals surface area contributed by atoms with Gasteiger partial charge in [-0.15, -0.1) is 12.4 Å². The van der Waals surface area contributed by atoms with Crippen molar-refractivity contribution in [3.05, 3.63) is 65.1 Å². The second-order valence-electron chi connectivity index (χ2n) is 6.81. The van der Waals surface area contributed by atoms with Gasteiger partial charge >= 0.3 is 0 Å². The van der Waals surface area contributed by atoms with Gasteiger partial charge in [-0.05, 0) is 36.4 Å². The minimum absolute atomic E-state index is 0. The summed E-state index contributed by atoms with van der Waals surface area (Å²) in [5.41, 5.74) is 1.83. The zero-order valence-corrected chi connectivity index (χ0v) is 19.2. The second-order valence-corrected chi connectivity index (χ2v) is 9.70. The largest absolute Gasteiger partial charge is 0.368 e. The van der Waals surface area contributed by atoms with Gasteiger partial charge in [-0.25, -0.2) is 8.42 Å². The van der Waals surface area contributed by atoms with Crippen LogP contribution in [0.1, 0.15) is 0 Å². The first kappa shape index (κ1) is 21.9. The van der Waals surface area contributed by atoms with Crippen LogP contribution in [0.25, 0.3) is 10.8 Å². The van der Waals surface area contributed by atoms with Crippen molar-refractivity contribution in [1.29, 1.82) is 0 Å². The van der Waals surface area contributed by atoms with Crippen LogP contribution in [0.4, 0.5) is 11.4 Å². The van der Waals surface area contributed by atoms with Crippen molar-refractivity contribution in [2.45, 2.75) is 4.90 Å². The van der Waals surface area contributed by atoms with Crippen LogP contribution >= 0.6 is 28.3 Å². The number of hydrogen-bond donors (Lipinski definition) is 1. The quantitative estimate of drug-likeness (QED) is 0.586. The molecule has 0 saturated carbocycles. The predicted molar refractivity (Wildman–Crippen MR) is 126 cm³/mol. The van der Waals surface area contributed by atoms with E-state index in [0.29, 0.717) is 5.69 Å². The fraction of sp³-hybridized carbons (Fsp3) is 0.238. The maximum absolute atomic E-state index is 13.2. The smallest absolute Gasteiger partial charge is 0.264 e. The SMILES string of the molecule is CN(c1ccc(N2CCNCC2)c2ccccc12)S(=O)(=O)c1ccc(Br)cc1.Cl. The van der Waals surface area contributed by atoms with E-state index in [1.807, 2.05) is 30.3 Å². The van der Waals surface area contributed by atoms with E-state index in [1.54, 1.807) is 31.3 Å². The molecule has 0 aromatic heterocycles. The molecule has 8 heteroatoms. The molecule has 0 radical (unpaired) electrons. The normalized spacial score (nSPS) is 14.5. The number of hydrogen-bond acceptors (Lipinski definition) is 4. The van der Waals surface area contributed by atoms with Crippen LogP contribution in [0.2, 0.25) is 0 Å². The van der Waals surface area contributed by atoms with Gasteiger partial charge in [0.2, 0.25) is 0 Å². The molecule has 29 heavy (non-hydrogen) atoms. The van der Waals surface area contributed by atoms with E-state index in [-0.39, 0.29) is 17.3 Å². The van der Waals surface area contributed by atoms with Crippen molar-refractivity contribution in [2.24, 2.45) is 0 Å². The number of benzene rings is 3. The molecule has 0 aliphatic carbocycles. The Bertz CT molecular complexity index is 1100. The van der Waals surface area contributed by atoms with Crippen molar-refractivity contribution >= 4 is 60.5 Å². The lowest BCUT2D eigenvalue weighted by Gasteiger charge is -2.31. The van der Waals surface area contributed by atoms with Gasteiger partial charge in [0.15, 0.2) is 0 Å². The molecule has 1 N–H and O–H groups in total. The maximum atomic E-state index is 13.2. The monoisotopic (exact) mass is 495 g/mol. The molecule has 0 spiro atoms. The van der Waals surface area contributed by atoms with Gasteiger partial charge in [0.25, 0.3) is 10.0 Å². The van der Waals surface area contributed by atoms with Gasteiger partial charge in [0, 0.05) is 54.2 Å². The molecule has 4 rings (SSSR count). The van der Waals surface area contributed by atoms with E-state index in [2.05, 4.69) is 32.2 Å². The minimum atomic E-state index is -3.65. The van der Waals surface area contributed by atoms with Crippen LogP contribution < -0.4 is 14.5 Å². The first-order chi connectivity index (χ1) is 13.5. The molecule has 3 aromatic rings. The molecule has 1 heterocycles. The fourth-order valence-corrected chi connectivity index (χ4v) is 5.10. The van der Waals surface area contributed by atoms with Crippen molar-refractivity contribution in [1.82, 2.24) is 5.32 Å². The van der Waals surface area contributed by atoms with E-state index in [4.69, 9.17) is 0 Å². The fourth-order valence-electron chi connectivity index (χ4n) is 3.62. The third-order valence-electron chi connectivity index (χ3n) is 5.15. The molecular weight excluding hydrogens is 474 g/mol. The number of piperazine rings is 1. The molecule has 0 amide bonds. The summed E-state index contributed by atoms with van der Waals surface area (Å²) in [7, 11) is -2.03. The molecule has 1 aliphatic rings. The van der Waals surface area contributed by atoms with Gasteiger partial charge in [-0.2, -0.15) is 0 Å². The van der Waals surface area contributed by atoms with E-state index in [9.17, 15) is 8.42 Å². The van der Waals surface area contributed by atoms with Gasteiger partial charge in [-0.3, -0.25) is 4.31 Å². The summed E-state index contributed by atoms with van der Waals surface area (Å²) in [5.74, 6) is 0. The maximum Gasteiger partial charge on any atom is 0.264 e. The molecule has 154 valence electrons. The van der Waals surface area contributed by atoms with Crippen molar-refractivity contribution in [3.63, 3.8) is 0 Å². The molecule has 0 atom stereocenters. The highest BCUT2D eigenvalue weighted by Gasteiger charge is 2.24. The topological polar surface area (TPSA) is 52.6 Å². The van der Waals surface area contributed by atoms with Crippen LogP contribution in [0, 0.1) is 0 Å². The molecule has 0 unspecified atom stereocenters. The molecule has 1 aliphatic heterocycles. The highest BCUT2D eigenvalue weighted by Crippen LogP contribution is 2.36. The zero-order chi connectivity index (χ0) is 19.7. The predicted octanol–water partition coefficient (Wildman–Crippen LogP) is 4.26. The third kappa shape index (κ3) is 4.23. The average Bonchev–Trinajstić information content (AvgIpc) is 2.73. The summed E-state index contributed by atoms with van der Waals surface area (Å²) in [6.07, 6.45) is 0. The molecule has 0 bridgehead atoms. The summed E-state index contributed by atoms with van der Waals surface area (Å²) in [4.78, 5) is 2.62. The number of sulfonamides is 1. The van der Waals surface area contributed by atoms with Crippen molar-refractivity contribution in [2.75, 3.05) is 42.4 Å². The summed E-state index contributed by atoms with van der Waals surface area (Å²) in [5, 5.41) is 5.37. The molecular formula is C21H23BrClN3O2S. The lowest BCUT2D eigenvalue weighted by molar-refractivity contribution is 0.590. The number of rotatable bonds is 4. The number of anilines is 2. The Balaban J connectivity index is 0.00000240. The van der Waals surface area contributed by atoms with Crippen molar-refractivity contribution < 1.29 is 8.42 Å². The van der Waals surface area contributed by atoms with Crippen molar-refractivity contribution in [3.8, 4) is 0 Å². The van der Waals surface area contributed by atoms with E-state index < -0.39 is 10.0 Å². The van der Waals surface area contributed by atoms with Crippen LogP contribution in [0.3, 0.4) is 0 Å². The Morgan fingerprint density at radius 3 is 2.21 bits per heavy atom. The first-order valence-electron chi connectivity index (χ1n) is 9.20. The molecule has 5 nitrogen and oxygen atoms in total. The summed E-state index contributed by atoms with van der Waals surface area (Å²) in [6.45, 7) is 3.79. The number of halogens is 2. The Hall–Kier alpha value is -1.80. The Labute approximate surface area is 186 Å². The van der Waals surface area contributed by atoms with Crippen LogP contribution in [-0.4, -0.2) is 41.6 Å². The molecule has 1 fully saturated rings. The third-order valence-corrected chi connectivity index (χ3v) is 7.46. The lowest BCUT2D eigenvalue weighted by atomic mass is 10.1. The Morgan fingerprint density at radius 1 is 0.931 bits per heavy atom. The van der Waals surface area contributed by atoms with Gasteiger partial charge in [0.05, 0.1) is 10.6 Å². The summed E-state index contributed by atoms with van der Waals surface area (Å²) < 4.78 is 28.6. The Morgan fingerprint density at radius 2 is 1.55 bits per heavy atom. The van der Waals surface area contributed by atoms with Crippen LogP contribution in [-0.2, 0) is 10.0 Å². The van der Waals surface area contributed by atoms with E-state index >= 15 is 0 Å². The van der Waals surface area contributed by atoms with E-state index in [1.165, 1.54) is 4.31 Å². The molecule has 3 aromatic carbocycles. The standard InChI is InChI=1S/C21H22BrN3O2S.ClH/c1-24(28(26,27)17-8-6-16(22)7-9-17)20-10-11-21(25-14-12-23-13-15-25)19-5-3-2-4-18(19)20;/h2-11,23H,12-15H2,1H3;1H. The van der Waals surface area contributed by atoms with Gasteiger partial charge in [-0.1, -0.05) is 40.2 Å². The second kappa shape index (κ2) is 8.92. The van der Waals surface area contributed by atoms with Crippen LogP contribution in [0.15, 0.2) is 70.0 Å².